The Morgan fingerprint density at radius 3 is 2.27 bits per heavy atom. The molecule has 0 spiro atoms. The monoisotopic (exact) mass is 460 g/mol. The lowest BCUT2D eigenvalue weighted by molar-refractivity contribution is -0.132. The molecule has 1 aromatic carbocycles. The van der Waals surface area contributed by atoms with Gasteiger partial charge in [-0.15, -0.1) is 0 Å². The number of benzene rings is 1. The van der Waals surface area contributed by atoms with E-state index in [2.05, 4.69) is 0 Å². The molecule has 0 saturated heterocycles. The first kappa shape index (κ1) is 23.7. The lowest BCUT2D eigenvalue weighted by Crippen LogP contribution is -2.45. The first-order chi connectivity index (χ1) is 13.8. The second-order valence-corrected chi connectivity index (χ2v) is 6.91. The molecular formula is C16H14F6N2O5S. The number of hydroxylamine groups is 1. The maximum atomic E-state index is 13.0. The summed E-state index contributed by atoms with van der Waals surface area (Å²) in [5.74, 6) is -3.13. The van der Waals surface area contributed by atoms with Gasteiger partial charge in [-0.3, -0.25) is 14.8 Å². The van der Waals surface area contributed by atoms with Gasteiger partial charge in [0.25, 0.3) is 11.8 Å². The predicted octanol–water partition coefficient (Wildman–Crippen LogP) is 3.13. The number of carbonyl (C=O) groups excluding carboxylic acids is 2. The summed E-state index contributed by atoms with van der Waals surface area (Å²) in [7, 11) is 2.16. The Kier molecular flexibility index (Phi) is 6.81. The van der Waals surface area contributed by atoms with E-state index in [1.165, 1.54) is 0 Å². The maximum Gasteiger partial charge on any atom is 0.446 e. The van der Waals surface area contributed by atoms with Gasteiger partial charge in [0.2, 0.25) is 0 Å². The molecule has 1 aliphatic rings. The molecule has 1 unspecified atom stereocenters. The minimum Gasteiger partial charge on any atom is -0.493 e. The van der Waals surface area contributed by atoms with Gasteiger partial charge in [-0.1, -0.05) is 0 Å². The van der Waals surface area contributed by atoms with E-state index in [4.69, 9.17) is 14.7 Å². The minimum absolute atomic E-state index is 0.276. The highest BCUT2D eigenvalue weighted by Crippen LogP contribution is 2.46. The van der Waals surface area contributed by atoms with Crippen molar-refractivity contribution in [1.82, 2.24) is 10.4 Å². The Hall–Kier alpha value is -2.61. The summed E-state index contributed by atoms with van der Waals surface area (Å²) in [5, 5.41) is 8.76. The molecule has 0 bridgehead atoms. The van der Waals surface area contributed by atoms with E-state index in [0.29, 0.717) is 11.0 Å². The van der Waals surface area contributed by atoms with Gasteiger partial charge in [0.15, 0.2) is 11.5 Å². The molecule has 166 valence electrons. The molecule has 7 nitrogen and oxygen atoms in total. The van der Waals surface area contributed by atoms with Crippen LogP contribution in [0.2, 0.25) is 0 Å². The first-order valence-corrected chi connectivity index (χ1v) is 8.68. The van der Waals surface area contributed by atoms with Crippen molar-refractivity contribution in [2.45, 2.75) is 22.6 Å². The van der Waals surface area contributed by atoms with Crippen LogP contribution in [0.3, 0.4) is 0 Å². The van der Waals surface area contributed by atoms with Crippen LogP contribution >= 0.6 is 11.8 Å². The second kappa shape index (κ2) is 8.63. The van der Waals surface area contributed by atoms with Crippen molar-refractivity contribution in [2.75, 3.05) is 20.8 Å². The number of thioether (sulfide) groups is 1. The number of nitrogens with one attached hydrogen (secondary N) is 1. The Balaban J connectivity index is 2.51. The minimum atomic E-state index is -4.86. The highest BCUT2D eigenvalue weighted by atomic mass is 32.2. The van der Waals surface area contributed by atoms with E-state index in [-0.39, 0.29) is 11.5 Å². The summed E-state index contributed by atoms with van der Waals surface area (Å²) in [5.41, 5.74) is -5.32. The molecule has 2 N–H and O–H groups in total. The van der Waals surface area contributed by atoms with Gasteiger partial charge in [0, 0.05) is 5.56 Å². The molecule has 0 radical (unpaired) electrons. The van der Waals surface area contributed by atoms with Crippen molar-refractivity contribution in [1.29, 1.82) is 0 Å². The second-order valence-electron chi connectivity index (χ2n) is 5.80. The van der Waals surface area contributed by atoms with Crippen LogP contribution in [-0.2, 0) is 4.79 Å². The number of carbonyl (C=O) groups is 2. The Morgan fingerprint density at radius 2 is 1.80 bits per heavy atom. The summed E-state index contributed by atoms with van der Waals surface area (Å²) < 4.78 is 87.6. The van der Waals surface area contributed by atoms with E-state index in [9.17, 15) is 35.9 Å². The summed E-state index contributed by atoms with van der Waals surface area (Å²) >= 11 is -0.616. The van der Waals surface area contributed by atoms with Gasteiger partial charge in [-0.25, -0.2) is 5.48 Å². The number of nitrogens with zero attached hydrogens (tertiary/aromatic N) is 1. The molecule has 1 atom stereocenters. The van der Waals surface area contributed by atoms with Crippen LogP contribution in [0.15, 0.2) is 28.7 Å². The van der Waals surface area contributed by atoms with Gasteiger partial charge in [-0.2, -0.15) is 26.3 Å². The molecule has 0 aromatic heterocycles. The van der Waals surface area contributed by atoms with E-state index in [1.807, 2.05) is 0 Å². The average molecular weight is 460 g/mol. The molecule has 30 heavy (non-hydrogen) atoms. The molecule has 14 heteroatoms. The van der Waals surface area contributed by atoms with Crippen molar-refractivity contribution in [3.8, 4) is 11.5 Å². The smallest absolute Gasteiger partial charge is 0.446 e. The SMILES string of the molecule is COc1cc(C(=O)N2CC(C(F)(F)F)=CC2C(=O)NO)cc(SC(F)(F)F)c1OC. The zero-order valence-electron chi connectivity index (χ0n) is 15.2. The molecule has 2 rings (SSSR count). The normalized spacial score (nSPS) is 16.9. The lowest BCUT2D eigenvalue weighted by atomic mass is 10.1. The van der Waals surface area contributed by atoms with Gasteiger partial charge in [-0.05, 0) is 30.0 Å². The van der Waals surface area contributed by atoms with E-state index in [0.717, 1.165) is 31.8 Å². The summed E-state index contributed by atoms with van der Waals surface area (Å²) in [4.78, 5) is 24.4. The molecule has 0 aliphatic carbocycles. The number of halogens is 6. The van der Waals surface area contributed by atoms with Crippen LogP contribution < -0.4 is 15.0 Å². The van der Waals surface area contributed by atoms with Gasteiger partial charge < -0.3 is 14.4 Å². The largest absolute Gasteiger partial charge is 0.493 e. The van der Waals surface area contributed by atoms with Crippen molar-refractivity contribution in [3.63, 3.8) is 0 Å². The summed E-state index contributed by atoms with van der Waals surface area (Å²) in [6.45, 7) is -1.05. The molecule has 0 saturated carbocycles. The third kappa shape index (κ3) is 5.11. The standard InChI is InChI=1S/C16H14F6N2O5S/c1-28-10-3-7(4-11(12(10)29-2)30-16(20,21)22)14(26)24-6-8(15(17,18)19)5-9(24)13(25)23-27/h3-5,9,27H,6H2,1-2H3,(H,23,25). The number of hydrogen-bond acceptors (Lipinski definition) is 6. The number of methoxy groups -OCH3 is 2. The Labute approximate surface area is 169 Å². The number of amides is 2. The zero-order chi connectivity index (χ0) is 22.9. The fourth-order valence-corrected chi connectivity index (χ4v) is 3.41. The van der Waals surface area contributed by atoms with Crippen molar-refractivity contribution < 1.29 is 50.6 Å². The number of ether oxygens (including phenoxy) is 2. The van der Waals surface area contributed by atoms with Gasteiger partial charge in [0.05, 0.1) is 31.2 Å². The van der Waals surface area contributed by atoms with Crippen molar-refractivity contribution >= 4 is 23.6 Å². The highest BCUT2D eigenvalue weighted by Gasteiger charge is 2.44. The van der Waals surface area contributed by atoms with Gasteiger partial charge >= 0.3 is 11.7 Å². The highest BCUT2D eigenvalue weighted by molar-refractivity contribution is 8.00. The fourth-order valence-electron chi connectivity index (χ4n) is 2.70. The molecule has 2 amide bonds. The number of hydrogen-bond donors (Lipinski definition) is 2. The van der Waals surface area contributed by atoms with Crippen molar-refractivity contribution in [3.05, 3.63) is 29.3 Å². The first-order valence-electron chi connectivity index (χ1n) is 7.87. The number of alkyl halides is 6. The van der Waals surface area contributed by atoms with Crippen LogP contribution in [0.4, 0.5) is 26.3 Å². The summed E-state index contributed by atoms with van der Waals surface area (Å²) in [6.07, 6.45) is -4.42. The molecule has 1 aromatic rings. The predicted molar refractivity (Wildman–Crippen MR) is 90.3 cm³/mol. The third-order valence-electron chi connectivity index (χ3n) is 3.96. The van der Waals surface area contributed by atoms with Crippen LogP contribution in [0.5, 0.6) is 11.5 Å². The number of rotatable bonds is 5. The van der Waals surface area contributed by atoms with Crippen LogP contribution in [0.25, 0.3) is 0 Å². The van der Waals surface area contributed by atoms with Gasteiger partial charge in [0.1, 0.15) is 6.04 Å². The van der Waals surface area contributed by atoms with E-state index in [1.54, 1.807) is 0 Å². The molecule has 0 fully saturated rings. The molecule has 1 heterocycles. The summed E-state index contributed by atoms with van der Waals surface area (Å²) in [6, 6.07) is -0.0893. The van der Waals surface area contributed by atoms with Crippen LogP contribution in [0.1, 0.15) is 10.4 Å². The topological polar surface area (TPSA) is 88.1 Å². The van der Waals surface area contributed by atoms with E-state index < -0.39 is 63.9 Å². The zero-order valence-corrected chi connectivity index (χ0v) is 16.0. The quantitative estimate of drug-likeness (QED) is 0.231. The molecular weight excluding hydrogens is 446 g/mol. The Morgan fingerprint density at radius 1 is 1.17 bits per heavy atom. The Bertz CT molecular complexity index is 871. The van der Waals surface area contributed by atoms with Crippen LogP contribution in [-0.4, -0.2) is 60.4 Å². The van der Waals surface area contributed by atoms with E-state index >= 15 is 0 Å². The fraction of sp³-hybridized carbons (Fsp3) is 0.375. The van der Waals surface area contributed by atoms with Crippen LogP contribution in [0, 0.1) is 0 Å². The average Bonchev–Trinajstić information content (AvgIpc) is 3.10. The lowest BCUT2D eigenvalue weighted by Gasteiger charge is -2.24. The molecule has 1 aliphatic heterocycles. The third-order valence-corrected chi connectivity index (χ3v) is 4.71. The maximum absolute atomic E-state index is 13.0. The van der Waals surface area contributed by atoms with Crippen molar-refractivity contribution in [2.24, 2.45) is 0 Å².